The van der Waals surface area contributed by atoms with Gasteiger partial charge in [-0.2, -0.15) is 0 Å². The van der Waals surface area contributed by atoms with E-state index in [2.05, 4.69) is 15.7 Å². The average molecular weight is 514 g/mol. The Hall–Kier alpha value is -3.31. The molecule has 9 nitrogen and oxygen atoms in total. The number of aromatic nitrogens is 1. The molecule has 0 saturated carbocycles. The molecule has 2 amide bonds. The highest BCUT2D eigenvalue weighted by Crippen LogP contribution is 2.24. The lowest BCUT2D eigenvalue weighted by atomic mass is 10.0. The lowest BCUT2D eigenvalue weighted by Crippen LogP contribution is -2.46. The molecule has 1 aromatic heterocycles. The summed E-state index contributed by atoms with van der Waals surface area (Å²) in [6, 6.07) is 14.8. The Morgan fingerprint density at radius 2 is 1.71 bits per heavy atom. The largest absolute Gasteiger partial charge is 0.336 e. The molecule has 2 N–H and O–H groups in total. The summed E-state index contributed by atoms with van der Waals surface area (Å²) in [5.74, 6) is -0.695. The second kappa shape index (κ2) is 10.5. The van der Waals surface area contributed by atoms with Gasteiger partial charge in [0.25, 0.3) is 21.8 Å². The van der Waals surface area contributed by atoms with Crippen LogP contribution >= 0.6 is 11.6 Å². The van der Waals surface area contributed by atoms with Gasteiger partial charge >= 0.3 is 0 Å². The van der Waals surface area contributed by atoms with Crippen LogP contribution in [-0.2, 0) is 10.0 Å². The van der Waals surface area contributed by atoms with E-state index in [0.29, 0.717) is 29.8 Å². The Morgan fingerprint density at radius 3 is 2.40 bits per heavy atom. The van der Waals surface area contributed by atoms with Crippen LogP contribution in [0.2, 0.25) is 5.02 Å². The van der Waals surface area contributed by atoms with Crippen LogP contribution in [0.15, 0.2) is 71.9 Å². The van der Waals surface area contributed by atoms with Crippen molar-refractivity contribution in [2.75, 3.05) is 33.2 Å². The van der Waals surface area contributed by atoms with Gasteiger partial charge in [0.2, 0.25) is 0 Å². The van der Waals surface area contributed by atoms with Gasteiger partial charge in [-0.05, 0) is 35.9 Å². The van der Waals surface area contributed by atoms with Crippen LogP contribution < -0.4 is 10.7 Å². The van der Waals surface area contributed by atoms with E-state index < -0.39 is 15.9 Å². The van der Waals surface area contributed by atoms with Gasteiger partial charge in [0.05, 0.1) is 10.6 Å². The number of halogens is 1. The molecular weight excluding hydrogens is 490 g/mol. The minimum absolute atomic E-state index is 0.0385. The van der Waals surface area contributed by atoms with Crippen molar-refractivity contribution < 1.29 is 18.0 Å². The highest BCUT2D eigenvalue weighted by atomic mass is 35.5. The molecule has 2 aromatic carbocycles. The van der Waals surface area contributed by atoms with Crippen molar-refractivity contribution in [2.24, 2.45) is 0 Å². The minimum atomic E-state index is -4.09. The van der Waals surface area contributed by atoms with Gasteiger partial charge in [-0.1, -0.05) is 35.9 Å². The molecule has 0 atom stereocenters. The molecule has 2 heterocycles. The Bertz CT molecular complexity index is 1340. The molecule has 1 aliphatic heterocycles. The van der Waals surface area contributed by atoms with Gasteiger partial charge in [-0.15, -0.1) is 4.41 Å². The van der Waals surface area contributed by atoms with Crippen molar-refractivity contribution in [1.29, 1.82) is 0 Å². The monoisotopic (exact) mass is 513 g/mol. The Kier molecular flexibility index (Phi) is 7.46. The van der Waals surface area contributed by atoms with E-state index >= 15 is 0 Å². The number of carbonyl (C=O) groups is 2. The molecule has 1 aliphatic rings. The molecule has 0 aliphatic carbocycles. The molecule has 182 valence electrons. The first kappa shape index (κ1) is 24.8. The molecule has 35 heavy (non-hydrogen) atoms. The summed E-state index contributed by atoms with van der Waals surface area (Å²) in [4.78, 5) is 30.9. The maximum absolute atomic E-state index is 13.1. The topological polar surface area (TPSA) is 112 Å². The predicted octanol–water partition coefficient (Wildman–Crippen LogP) is 2.41. The summed E-state index contributed by atoms with van der Waals surface area (Å²) in [5, 5.41) is 3.42. The van der Waals surface area contributed by atoms with E-state index in [1.165, 1.54) is 31.6 Å². The lowest BCUT2D eigenvalue weighted by molar-refractivity contribution is 0.0735. The van der Waals surface area contributed by atoms with Gasteiger partial charge < -0.3 is 10.2 Å². The van der Waals surface area contributed by atoms with E-state index in [0.717, 1.165) is 17.5 Å². The average Bonchev–Trinajstić information content (AvgIpc) is 2.89. The van der Waals surface area contributed by atoms with Crippen molar-refractivity contribution in [3.8, 4) is 11.1 Å². The molecular formula is C24H24ClN5O4S. The number of sulfonamides is 1. The SMILES string of the molecule is CN(NC(=O)c1ccccc1Cl)S(=O)(=O)c1cncc(-c2ccc(C(=O)N3CCNCC3)cc2)c1. The zero-order chi connectivity index (χ0) is 25.0. The quantitative estimate of drug-likeness (QED) is 0.490. The number of hydrogen-bond donors (Lipinski definition) is 2. The molecule has 3 aromatic rings. The molecule has 0 radical (unpaired) electrons. The van der Waals surface area contributed by atoms with Gasteiger partial charge in [-0.25, -0.2) is 8.42 Å². The summed E-state index contributed by atoms with van der Waals surface area (Å²) < 4.78 is 26.9. The summed E-state index contributed by atoms with van der Waals surface area (Å²) in [6.45, 7) is 2.85. The number of amides is 2. The first-order valence-electron chi connectivity index (χ1n) is 10.9. The second-order valence-corrected chi connectivity index (χ2v) is 10.3. The molecule has 0 bridgehead atoms. The number of rotatable bonds is 6. The number of benzene rings is 2. The van der Waals surface area contributed by atoms with Gasteiger partial charge in [-0.3, -0.25) is 20.0 Å². The fraction of sp³-hybridized carbons (Fsp3) is 0.208. The Labute approximate surface area is 208 Å². The fourth-order valence-corrected chi connectivity index (χ4v) is 4.85. The van der Waals surface area contributed by atoms with Crippen LogP contribution in [-0.4, -0.2) is 67.8 Å². The molecule has 11 heteroatoms. The van der Waals surface area contributed by atoms with Crippen LogP contribution in [0.1, 0.15) is 20.7 Å². The van der Waals surface area contributed by atoms with Crippen LogP contribution in [0.5, 0.6) is 0 Å². The van der Waals surface area contributed by atoms with Crippen molar-refractivity contribution in [3.05, 3.63) is 83.1 Å². The first-order chi connectivity index (χ1) is 16.8. The number of nitrogens with zero attached hydrogens (tertiary/aromatic N) is 3. The van der Waals surface area contributed by atoms with E-state index in [4.69, 9.17) is 11.6 Å². The van der Waals surface area contributed by atoms with Crippen molar-refractivity contribution in [3.63, 3.8) is 0 Å². The highest BCUT2D eigenvalue weighted by molar-refractivity contribution is 7.89. The van der Waals surface area contributed by atoms with E-state index in [9.17, 15) is 18.0 Å². The summed E-state index contributed by atoms with van der Waals surface area (Å²) in [6.07, 6.45) is 2.74. The van der Waals surface area contributed by atoms with Gasteiger partial charge in [0.1, 0.15) is 4.90 Å². The predicted molar refractivity (Wildman–Crippen MR) is 132 cm³/mol. The van der Waals surface area contributed by atoms with Crippen molar-refractivity contribution in [2.45, 2.75) is 4.90 Å². The Balaban J connectivity index is 1.51. The number of hydrogen-bond acceptors (Lipinski definition) is 6. The highest BCUT2D eigenvalue weighted by Gasteiger charge is 2.25. The number of hydrazine groups is 1. The van der Waals surface area contributed by atoms with E-state index in [1.807, 2.05) is 0 Å². The van der Waals surface area contributed by atoms with Crippen LogP contribution in [0, 0.1) is 0 Å². The summed E-state index contributed by atoms with van der Waals surface area (Å²) in [5.41, 5.74) is 4.31. The maximum Gasteiger partial charge on any atom is 0.267 e. The third-order valence-electron chi connectivity index (χ3n) is 5.62. The number of piperazine rings is 1. The smallest absolute Gasteiger partial charge is 0.267 e. The summed E-state index contributed by atoms with van der Waals surface area (Å²) >= 11 is 6.03. The van der Waals surface area contributed by atoms with E-state index in [1.54, 1.807) is 47.4 Å². The molecule has 1 fully saturated rings. The molecule has 4 rings (SSSR count). The number of pyridine rings is 1. The van der Waals surface area contributed by atoms with Crippen LogP contribution in [0.4, 0.5) is 0 Å². The van der Waals surface area contributed by atoms with E-state index in [-0.39, 0.29) is 21.4 Å². The lowest BCUT2D eigenvalue weighted by Gasteiger charge is -2.27. The maximum atomic E-state index is 13.1. The van der Waals surface area contributed by atoms with Crippen LogP contribution in [0.25, 0.3) is 11.1 Å². The molecule has 0 unspecified atom stereocenters. The van der Waals surface area contributed by atoms with Crippen LogP contribution in [0.3, 0.4) is 0 Å². The third kappa shape index (κ3) is 5.51. The second-order valence-electron chi connectivity index (χ2n) is 7.92. The molecule has 1 saturated heterocycles. The van der Waals surface area contributed by atoms with Crippen molar-refractivity contribution >= 4 is 33.4 Å². The van der Waals surface area contributed by atoms with Crippen molar-refractivity contribution in [1.82, 2.24) is 25.0 Å². The van der Waals surface area contributed by atoms with Gasteiger partial charge in [0.15, 0.2) is 0 Å². The first-order valence-corrected chi connectivity index (χ1v) is 12.7. The Morgan fingerprint density at radius 1 is 1.03 bits per heavy atom. The third-order valence-corrected chi connectivity index (χ3v) is 7.58. The number of carbonyl (C=O) groups excluding carboxylic acids is 2. The van der Waals surface area contributed by atoms with Gasteiger partial charge in [0, 0.05) is 56.7 Å². The molecule has 0 spiro atoms. The fourth-order valence-electron chi connectivity index (χ4n) is 3.64. The standard InChI is InChI=1S/C24H24ClN5O4S/c1-29(28-23(31)21-4-2-3-5-22(21)25)35(33,34)20-14-19(15-27-16-20)17-6-8-18(9-7-17)24(32)30-12-10-26-11-13-30/h2-9,14-16,26H,10-13H2,1H3,(H,28,31). The minimum Gasteiger partial charge on any atom is -0.336 e. The summed E-state index contributed by atoms with van der Waals surface area (Å²) in [7, 11) is -2.86. The normalized spacial score (nSPS) is 14.1. The number of nitrogens with one attached hydrogen (secondary N) is 2. The zero-order valence-electron chi connectivity index (χ0n) is 18.9. The zero-order valence-corrected chi connectivity index (χ0v) is 20.5.